The summed E-state index contributed by atoms with van der Waals surface area (Å²) in [6.45, 7) is 1.84. The highest BCUT2D eigenvalue weighted by Gasteiger charge is 2.29. The van der Waals surface area contributed by atoms with Gasteiger partial charge in [-0.2, -0.15) is 4.98 Å². The third-order valence-electron chi connectivity index (χ3n) is 2.61. The molecule has 2 rings (SSSR count). The number of hydrogen-bond acceptors (Lipinski definition) is 4. The third-order valence-corrected chi connectivity index (χ3v) is 2.61. The van der Waals surface area contributed by atoms with Crippen molar-refractivity contribution >= 4 is 0 Å². The molecular weight excluding hydrogens is 168 g/mol. The highest BCUT2D eigenvalue weighted by molar-refractivity contribution is 4.97. The van der Waals surface area contributed by atoms with Crippen LogP contribution in [0.5, 0.6) is 0 Å². The number of aromatic nitrogens is 2. The number of aryl methyl sites for hydroxylation is 1. The predicted molar refractivity (Wildman–Crippen MR) is 46.4 cm³/mol. The third kappa shape index (κ3) is 1.72. The van der Waals surface area contributed by atoms with Crippen LogP contribution in [0.15, 0.2) is 4.52 Å². The lowest BCUT2D eigenvalue weighted by Gasteiger charge is -2.05. The molecule has 4 heteroatoms. The Kier molecular flexibility index (Phi) is 2.31. The minimum absolute atomic E-state index is 0.372. The molecule has 72 valence electrons. The minimum Gasteiger partial charge on any atom is -0.381 e. The van der Waals surface area contributed by atoms with Crippen LogP contribution >= 0.6 is 0 Å². The molecule has 0 saturated heterocycles. The quantitative estimate of drug-likeness (QED) is 0.698. The predicted octanol–water partition coefficient (Wildman–Crippen LogP) is 1.66. The summed E-state index contributed by atoms with van der Waals surface area (Å²) in [4.78, 5) is 4.23. The first-order chi connectivity index (χ1) is 6.29. The summed E-state index contributed by atoms with van der Waals surface area (Å²) in [7, 11) is 1.76. The molecule has 2 atom stereocenters. The van der Waals surface area contributed by atoms with Crippen molar-refractivity contribution in [2.24, 2.45) is 0 Å². The minimum atomic E-state index is 0.372. The van der Waals surface area contributed by atoms with Gasteiger partial charge in [-0.15, -0.1) is 0 Å². The van der Waals surface area contributed by atoms with E-state index in [1.807, 2.05) is 6.92 Å². The van der Waals surface area contributed by atoms with Crippen molar-refractivity contribution in [3.8, 4) is 0 Å². The van der Waals surface area contributed by atoms with E-state index in [9.17, 15) is 0 Å². The summed E-state index contributed by atoms with van der Waals surface area (Å²) >= 11 is 0. The normalized spacial score (nSPS) is 28.2. The van der Waals surface area contributed by atoms with Gasteiger partial charge in [0.25, 0.3) is 0 Å². The number of hydrogen-bond donors (Lipinski definition) is 0. The van der Waals surface area contributed by atoms with E-state index in [1.165, 1.54) is 0 Å². The molecule has 2 unspecified atom stereocenters. The van der Waals surface area contributed by atoms with Gasteiger partial charge in [0.15, 0.2) is 5.82 Å². The molecule has 0 aliphatic heterocycles. The lowest BCUT2D eigenvalue weighted by atomic mass is 10.1. The average molecular weight is 182 g/mol. The van der Waals surface area contributed by atoms with Gasteiger partial charge in [-0.05, 0) is 26.2 Å². The van der Waals surface area contributed by atoms with Crippen LogP contribution in [0.25, 0.3) is 0 Å². The Labute approximate surface area is 77.3 Å². The van der Waals surface area contributed by atoms with Crippen LogP contribution in [0.3, 0.4) is 0 Å². The molecule has 1 saturated carbocycles. The Morgan fingerprint density at radius 2 is 2.31 bits per heavy atom. The fourth-order valence-electron chi connectivity index (χ4n) is 1.86. The molecule has 1 fully saturated rings. The van der Waals surface area contributed by atoms with E-state index >= 15 is 0 Å². The standard InChI is InChI=1S/C9H14N2O2/c1-6-10-9(13-11-6)7-3-4-8(5-7)12-2/h7-8H,3-5H2,1-2H3. The van der Waals surface area contributed by atoms with E-state index in [4.69, 9.17) is 9.26 Å². The van der Waals surface area contributed by atoms with E-state index in [2.05, 4.69) is 10.1 Å². The zero-order valence-corrected chi connectivity index (χ0v) is 7.99. The van der Waals surface area contributed by atoms with Gasteiger partial charge in [-0.3, -0.25) is 0 Å². The Morgan fingerprint density at radius 1 is 1.46 bits per heavy atom. The smallest absolute Gasteiger partial charge is 0.229 e. The topological polar surface area (TPSA) is 48.2 Å². The van der Waals surface area contributed by atoms with E-state index < -0.39 is 0 Å². The van der Waals surface area contributed by atoms with E-state index in [-0.39, 0.29) is 0 Å². The molecule has 1 aromatic rings. The lowest BCUT2D eigenvalue weighted by Crippen LogP contribution is -2.04. The first-order valence-electron chi connectivity index (χ1n) is 4.62. The SMILES string of the molecule is COC1CCC(c2nc(C)no2)C1. The summed E-state index contributed by atoms with van der Waals surface area (Å²) in [6, 6.07) is 0. The van der Waals surface area contributed by atoms with Crippen molar-refractivity contribution in [3.05, 3.63) is 11.7 Å². The molecular formula is C9H14N2O2. The van der Waals surface area contributed by atoms with Crippen LogP contribution in [0, 0.1) is 6.92 Å². The fraction of sp³-hybridized carbons (Fsp3) is 0.778. The number of nitrogens with zero attached hydrogens (tertiary/aromatic N) is 2. The highest BCUT2D eigenvalue weighted by atomic mass is 16.5. The molecule has 0 bridgehead atoms. The maximum atomic E-state index is 5.28. The summed E-state index contributed by atoms with van der Waals surface area (Å²) in [5.74, 6) is 1.90. The van der Waals surface area contributed by atoms with Gasteiger partial charge in [0, 0.05) is 13.0 Å². The van der Waals surface area contributed by atoms with Crippen LogP contribution in [0.2, 0.25) is 0 Å². The Balaban J connectivity index is 2.03. The van der Waals surface area contributed by atoms with Crippen molar-refractivity contribution in [2.75, 3.05) is 7.11 Å². The molecule has 1 aromatic heterocycles. The van der Waals surface area contributed by atoms with E-state index in [1.54, 1.807) is 7.11 Å². The summed E-state index contributed by atoms with van der Waals surface area (Å²) in [6.07, 6.45) is 3.58. The van der Waals surface area contributed by atoms with Gasteiger partial charge in [0.1, 0.15) is 0 Å². The molecule has 0 radical (unpaired) electrons. The van der Waals surface area contributed by atoms with Crippen molar-refractivity contribution in [1.29, 1.82) is 0 Å². The van der Waals surface area contributed by atoms with Gasteiger partial charge in [0.05, 0.1) is 6.10 Å². The van der Waals surface area contributed by atoms with Crippen LogP contribution in [0.1, 0.15) is 36.9 Å². The van der Waals surface area contributed by atoms with Crippen molar-refractivity contribution < 1.29 is 9.26 Å². The average Bonchev–Trinajstić information content (AvgIpc) is 2.71. The summed E-state index contributed by atoms with van der Waals surface area (Å²) in [5.41, 5.74) is 0. The van der Waals surface area contributed by atoms with E-state index in [0.29, 0.717) is 12.0 Å². The highest BCUT2D eigenvalue weighted by Crippen LogP contribution is 2.34. The van der Waals surface area contributed by atoms with Gasteiger partial charge < -0.3 is 9.26 Å². The zero-order chi connectivity index (χ0) is 9.26. The molecule has 0 amide bonds. The number of ether oxygens (including phenoxy) is 1. The van der Waals surface area contributed by atoms with Crippen molar-refractivity contribution in [3.63, 3.8) is 0 Å². The largest absolute Gasteiger partial charge is 0.381 e. The fourth-order valence-corrected chi connectivity index (χ4v) is 1.86. The molecule has 0 aromatic carbocycles. The molecule has 1 aliphatic carbocycles. The molecule has 0 N–H and O–H groups in total. The van der Waals surface area contributed by atoms with Gasteiger partial charge in [-0.1, -0.05) is 5.16 Å². The second kappa shape index (κ2) is 3.46. The Morgan fingerprint density at radius 3 is 2.85 bits per heavy atom. The summed E-state index contributed by atoms with van der Waals surface area (Å²) in [5, 5.41) is 3.79. The van der Waals surface area contributed by atoms with Gasteiger partial charge in [-0.25, -0.2) is 0 Å². The Hall–Kier alpha value is -0.900. The molecule has 13 heavy (non-hydrogen) atoms. The van der Waals surface area contributed by atoms with Crippen LogP contribution in [-0.2, 0) is 4.74 Å². The second-order valence-electron chi connectivity index (χ2n) is 3.55. The molecule has 0 spiro atoms. The Bertz CT molecular complexity index is 285. The molecule has 4 nitrogen and oxygen atoms in total. The van der Waals surface area contributed by atoms with Crippen molar-refractivity contribution in [2.45, 2.75) is 38.2 Å². The zero-order valence-electron chi connectivity index (χ0n) is 7.99. The van der Waals surface area contributed by atoms with Gasteiger partial charge in [0.2, 0.25) is 5.89 Å². The first kappa shape index (κ1) is 8.69. The van der Waals surface area contributed by atoms with Crippen molar-refractivity contribution in [1.82, 2.24) is 10.1 Å². The number of rotatable bonds is 2. The lowest BCUT2D eigenvalue weighted by molar-refractivity contribution is 0.107. The summed E-state index contributed by atoms with van der Waals surface area (Å²) < 4.78 is 10.4. The number of methoxy groups -OCH3 is 1. The second-order valence-corrected chi connectivity index (χ2v) is 3.55. The van der Waals surface area contributed by atoms with E-state index in [0.717, 1.165) is 31.0 Å². The maximum absolute atomic E-state index is 5.28. The first-order valence-corrected chi connectivity index (χ1v) is 4.62. The van der Waals surface area contributed by atoms with Gasteiger partial charge >= 0.3 is 0 Å². The molecule has 1 heterocycles. The van der Waals surface area contributed by atoms with Crippen LogP contribution in [0.4, 0.5) is 0 Å². The molecule has 1 aliphatic rings. The van der Waals surface area contributed by atoms with Crippen LogP contribution < -0.4 is 0 Å². The monoisotopic (exact) mass is 182 g/mol. The van der Waals surface area contributed by atoms with Crippen LogP contribution in [-0.4, -0.2) is 23.4 Å². The maximum Gasteiger partial charge on any atom is 0.229 e.